The average molecular weight is 413 g/mol. The van der Waals surface area contributed by atoms with Crippen LogP contribution in [0.2, 0.25) is 0 Å². The number of rotatable bonds is 8. The number of ether oxygens (including phenoxy) is 1. The molecule has 3 rings (SSSR count). The van der Waals surface area contributed by atoms with Crippen LogP contribution in [0.4, 0.5) is 5.82 Å². The number of hydrogen-bond donors (Lipinski definition) is 2. The van der Waals surface area contributed by atoms with Crippen molar-refractivity contribution in [3.8, 4) is 22.8 Å². The summed E-state index contributed by atoms with van der Waals surface area (Å²) in [6.45, 7) is 0.350. The molecule has 9 nitrogen and oxygen atoms in total. The van der Waals surface area contributed by atoms with E-state index in [4.69, 9.17) is 10.5 Å². The molecule has 1 amide bonds. The molecule has 29 heavy (non-hydrogen) atoms. The van der Waals surface area contributed by atoms with Crippen molar-refractivity contribution in [2.75, 3.05) is 18.1 Å². The van der Waals surface area contributed by atoms with Crippen LogP contribution in [0.5, 0.6) is 11.6 Å². The van der Waals surface area contributed by atoms with Gasteiger partial charge < -0.3 is 15.8 Å². The van der Waals surface area contributed by atoms with E-state index in [9.17, 15) is 13.2 Å². The van der Waals surface area contributed by atoms with Gasteiger partial charge in [-0.1, -0.05) is 12.1 Å². The molecule has 0 radical (unpaired) electrons. The minimum atomic E-state index is -3.33. The lowest BCUT2D eigenvalue weighted by Gasteiger charge is -2.08. The molecule has 3 aromatic rings. The Hall–Kier alpha value is -3.53. The number of anilines is 1. The minimum absolute atomic E-state index is 0.159. The van der Waals surface area contributed by atoms with Crippen molar-refractivity contribution in [1.82, 2.24) is 15.0 Å². The van der Waals surface area contributed by atoms with Crippen molar-refractivity contribution >= 4 is 21.6 Å². The van der Waals surface area contributed by atoms with Gasteiger partial charge in [0, 0.05) is 37.2 Å². The average Bonchev–Trinajstić information content (AvgIpc) is 2.68. The maximum atomic E-state index is 11.7. The van der Waals surface area contributed by atoms with Crippen molar-refractivity contribution < 1.29 is 17.9 Å². The van der Waals surface area contributed by atoms with Crippen molar-refractivity contribution in [3.05, 3.63) is 55.1 Å². The number of benzene rings is 1. The highest BCUT2D eigenvalue weighted by molar-refractivity contribution is 7.90. The standard InChI is InChI=1S/C19H19N5O4S/c1-29(26,27)16-8-14(9-21-10-16)13-2-4-15(5-3-13)28-19-12-22-11-18(24-19)23-7-6-17(20)25/h2-5,8-12H,6-7H2,1H3,(H2,20,25)(H,23,24). The minimum Gasteiger partial charge on any atom is -0.437 e. The summed E-state index contributed by atoms with van der Waals surface area (Å²) >= 11 is 0. The second kappa shape index (κ2) is 8.65. The largest absolute Gasteiger partial charge is 0.437 e. The quantitative estimate of drug-likeness (QED) is 0.572. The van der Waals surface area contributed by atoms with Gasteiger partial charge in [0.1, 0.15) is 11.6 Å². The van der Waals surface area contributed by atoms with Crippen molar-refractivity contribution in [2.45, 2.75) is 11.3 Å². The van der Waals surface area contributed by atoms with Crippen molar-refractivity contribution in [1.29, 1.82) is 0 Å². The molecule has 0 saturated carbocycles. The Morgan fingerprint density at radius 1 is 1.07 bits per heavy atom. The summed E-state index contributed by atoms with van der Waals surface area (Å²) in [6.07, 6.45) is 7.22. The molecule has 150 valence electrons. The number of nitrogens with one attached hydrogen (secondary N) is 1. The lowest BCUT2D eigenvalue weighted by molar-refractivity contribution is -0.117. The van der Waals surface area contributed by atoms with Gasteiger partial charge in [-0.05, 0) is 23.8 Å². The Kier molecular flexibility index (Phi) is 6.03. The van der Waals surface area contributed by atoms with E-state index in [0.29, 0.717) is 23.7 Å². The van der Waals surface area contributed by atoms with E-state index in [1.807, 2.05) is 0 Å². The van der Waals surface area contributed by atoms with E-state index >= 15 is 0 Å². The molecule has 10 heteroatoms. The third-order valence-corrected chi connectivity index (χ3v) is 4.92. The molecule has 0 fully saturated rings. The van der Waals surface area contributed by atoms with Gasteiger partial charge in [0.15, 0.2) is 9.84 Å². The zero-order valence-corrected chi connectivity index (χ0v) is 16.4. The smallest absolute Gasteiger partial charge is 0.239 e. The first kappa shape index (κ1) is 20.2. The first-order chi connectivity index (χ1) is 13.8. The summed E-state index contributed by atoms with van der Waals surface area (Å²) in [6, 6.07) is 8.63. The van der Waals surface area contributed by atoms with Crippen LogP contribution >= 0.6 is 0 Å². The Labute approximate surface area is 167 Å². The number of nitrogens with two attached hydrogens (primary N) is 1. The lowest BCUT2D eigenvalue weighted by Crippen LogP contribution is -2.16. The zero-order valence-electron chi connectivity index (χ0n) is 15.6. The molecule has 0 atom stereocenters. The van der Waals surface area contributed by atoms with E-state index in [1.165, 1.54) is 18.6 Å². The third kappa shape index (κ3) is 5.72. The van der Waals surface area contributed by atoms with Gasteiger partial charge >= 0.3 is 0 Å². The molecule has 3 N–H and O–H groups in total. The first-order valence-electron chi connectivity index (χ1n) is 8.59. The van der Waals surface area contributed by atoms with Gasteiger partial charge in [-0.15, -0.1) is 0 Å². The van der Waals surface area contributed by atoms with Crippen LogP contribution in [0.15, 0.2) is 60.0 Å². The fourth-order valence-electron chi connectivity index (χ4n) is 2.41. The van der Waals surface area contributed by atoms with E-state index in [1.54, 1.807) is 36.5 Å². The highest BCUT2D eigenvalue weighted by atomic mass is 32.2. The Morgan fingerprint density at radius 2 is 1.79 bits per heavy atom. The van der Waals surface area contributed by atoms with Gasteiger partial charge in [0.25, 0.3) is 0 Å². The molecular weight excluding hydrogens is 394 g/mol. The Morgan fingerprint density at radius 3 is 2.48 bits per heavy atom. The van der Waals surface area contributed by atoms with E-state index < -0.39 is 15.7 Å². The van der Waals surface area contributed by atoms with E-state index in [0.717, 1.165) is 11.8 Å². The molecular formula is C19H19N5O4S. The van der Waals surface area contributed by atoms with Crippen LogP contribution in [0, 0.1) is 0 Å². The molecule has 0 saturated heterocycles. The van der Waals surface area contributed by atoms with Crippen LogP contribution in [-0.4, -0.2) is 42.1 Å². The highest BCUT2D eigenvalue weighted by Gasteiger charge is 2.09. The molecule has 0 bridgehead atoms. The van der Waals surface area contributed by atoms with Crippen LogP contribution in [0.1, 0.15) is 6.42 Å². The maximum absolute atomic E-state index is 11.7. The Balaban J connectivity index is 1.71. The molecule has 2 heterocycles. The third-order valence-electron chi connectivity index (χ3n) is 3.84. The molecule has 1 aromatic carbocycles. The van der Waals surface area contributed by atoms with Gasteiger partial charge in [0.2, 0.25) is 11.8 Å². The van der Waals surface area contributed by atoms with Crippen LogP contribution in [-0.2, 0) is 14.6 Å². The molecule has 0 aliphatic carbocycles. The normalized spacial score (nSPS) is 11.1. The molecule has 0 spiro atoms. The van der Waals surface area contributed by atoms with E-state index in [-0.39, 0.29) is 17.2 Å². The summed E-state index contributed by atoms with van der Waals surface area (Å²) in [7, 11) is -3.33. The zero-order chi connectivity index (χ0) is 20.9. The predicted molar refractivity (Wildman–Crippen MR) is 107 cm³/mol. The number of primary amides is 1. The van der Waals surface area contributed by atoms with Crippen LogP contribution < -0.4 is 15.8 Å². The number of aromatic nitrogens is 3. The van der Waals surface area contributed by atoms with Crippen molar-refractivity contribution in [2.24, 2.45) is 5.73 Å². The van der Waals surface area contributed by atoms with Gasteiger partial charge in [-0.25, -0.2) is 8.42 Å². The molecule has 0 unspecified atom stereocenters. The summed E-state index contributed by atoms with van der Waals surface area (Å²) in [5, 5.41) is 2.94. The second-order valence-corrected chi connectivity index (χ2v) is 8.21. The van der Waals surface area contributed by atoms with Crippen molar-refractivity contribution in [3.63, 3.8) is 0 Å². The first-order valence-corrected chi connectivity index (χ1v) is 10.5. The summed E-state index contributed by atoms with van der Waals surface area (Å²) in [4.78, 5) is 23.2. The second-order valence-electron chi connectivity index (χ2n) is 6.19. The number of pyridine rings is 1. The van der Waals surface area contributed by atoms with Gasteiger partial charge in [-0.2, -0.15) is 4.98 Å². The molecule has 2 aromatic heterocycles. The summed E-state index contributed by atoms with van der Waals surface area (Å²) < 4.78 is 29.1. The van der Waals surface area contributed by atoms with Crippen LogP contribution in [0.25, 0.3) is 11.1 Å². The predicted octanol–water partition coefficient (Wildman–Crippen LogP) is 2.02. The summed E-state index contributed by atoms with van der Waals surface area (Å²) in [5.41, 5.74) is 6.57. The molecule has 0 aliphatic rings. The Bertz CT molecular complexity index is 1120. The number of sulfone groups is 1. The topological polar surface area (TPSA) is 137 Å². The fraction of sp³-hybridized carbons (Fsp3) is 0.158. The van der Waals surface area contributed by atoms with Crippen LogP contribution in [0.3, 0.4) is 0 Å². The number of hydrogen-bond acceptors (Lipinski definition) is 8. The molecule has 0 aliphatic heterocycles. The summed E-state index contributed by atoms with van der Waals surface area (Å²) in [5.74, 6) is 0.867. The number of amides is 1. The lowest BCUT2D eigenvalue weighted by atomic mass is 10.1. The maximum Gasteiger partial charge on any atom is 0.239 e. The number of nitrogens with zero attached hydrogens (tertiary/aromatic N) is 3. The van der Waals surface area contributed by atoms with E-state index in [2.05, 4.69) is 20.3 Å². The SMILES string of the molecule is CS(=O)(=O)c1cncc(-c2ccc(Oc3cncc(NCCC(N)=O)n3)cc2)c1. The van der Waals surface area contributed by atoms with Gasteiger partial charge in [0.05, 0.1) is 17.3 Å². The van der Waals surface area contributed by atoms with Gasteiger partial charge in [-0.3, -0.25) is 14.8 Å². The highest BCUT2D eigenvalue weighted by Crippen LogP contribution is 2.26. The number of carbonyl (C=O) groups is 1. The monoisotopic (exact) mass is 413 g/mol. The fourth-order valence-corrected chi connectivity index (χ4v) is 3.01. The number of carbonyl (C=O) groups excluding carboxylic acids is 1.